The molecule has 0 fully saturated rings. The van der Waals surface area contributed by atoms with E-state index in [1.54, 1.807) is 19.5 Å². The molecule has 0 radical (unpaired) electrons. The van der Waals surface area contributed by atoms with Gasteiger partial charge in [-0.05, 0) is 59.7 Å². The van der Waals surface area contributed by atoms with E-state index in [-0.39, 0.29) is 6.04 Å². The Bertz CT molecular complexity index is 1020. The van der Waals surface area contributed by atoms with Crippen LogP contribution < -0.4 is 10.1 Å². The van der Waals surface area contributed by atoms with Crippen LogP contribution in [0.15, 0.2) is 60.0 Å². The molecule has 0 amide bonds. The van der Waals surface area contributed by atoms with Crippen LogP contribution in [0.1, 0.15) is 23.6 Å². The van der Waals surface area contributed by atoms with Crippen LogP contribution in [0.2, 0.25) is 0 Å². The Morgan fingerprint density at radius 2 is 1.85 bits per heavy atom. The first-order chi connectivity index (χ1) is 13.2. The number of thiocarbonyl (C=S) groups is 1. The Morgan fingerprint density at radius 1 is 1.11 bits per heavy atom. The average molecular weight is 377 g/mol. The molecule has 3 aromatic rings. The second-order valence-corrected chi connectivity index (χ2v) is 6.59. The maximum Gasteiger partial charge on any atom is 0.189 e. The minimum atomic E-state index is 0.00783. The van der Waals surface area contributed by atoms with Crippen molar-refractivity contribution in [2.24, 2.45) is 5.10 Å². The predicted octanol–water partition coefficient (Wildman–Crippen LogP) is 3.29. The van der Waals surface area contributed by atoms with Crippen LogP contribution in [0.5, 0.6) is 5.75 Å². The number of hydrogen-bond acceptors (Lipinski definition) is 5. The van der Waals surface area contributed by atoms with Crippen molar-refractivity contribution in [1.29, 1.82) is 0 Å². The lowest BCUT2D eigenvalue weighted by molar-refractivity contribution is 0.367. The first-order valence-electron chi connectivity index (χ1n) is 8.63. The van der Waals surface area contributed by atoms with E-state index in [1.807, 2.05) is 42.4 Å². The zero-order chi connectivity index (χ0) is 18.8. The molecule has 1 N–H and O–H groups in total. The van der Waals surface area contributed by atoms with Gasteiger partial charge in [0.05, 0.1) is 29.9 Å². The van der Waals surface area contributed by atoms with E-state index in [9.17, 15) is 0 Å². The number of rotatable bonds is 3. The molecule has 7 heteroatoms. The van der Waals surface area contributed by atoms with Crippen LogP contribution in [-0.4, -0.2) is 40.0 Å². The Labute approximate surface area is 162 Å². The highest BCUT2D eigenvalue weighted by Gasteiger charge is 2.31. The number of methoxy groups -OCH3 is 1. The Balaban J connectivity index is 1.69. The molecule has 1 aliphatic rings. The molecule has 0 saturated heterocycles. The molecule has 27 heavy (non-hydrogen) atoms. The quantitative estimate of drug-likeness (QED) is 0.707. The molecule has 0 unspecified atom stereocenters. The molecule has 136 valence electrons. The minimum absolute atomic E-state index is 0.00783. The van der Waals surface area contributed by atoms with Crippen molar-refractivity contribution in [3.05, 3.63) is 66.0 Å². The van der Waals surface area contributed by atoms with Crippen molar-refractivity contribution in [3.63, 3.8) is 0 Å². The topological polar surface area (TPSA) is 62.6 Å². The lowest BCUT2D eigenvalue weighted by Crippen LogP contribution is -2.34. The van der Waals surface area contributed by atoms with Crippen LogP contribution >= 0.6 is 12.2 Å². The Hall–Kier alpha value is -3.06. The van der Waals surface area contributed by atoms with Crippen molar-refractivity contribution in [2.45, 2.75) is 12.5 Å². The summed E-state index contributed by atoms with van der Waals surface area (Å²) in [6.45, 7) is 0. The van der Waals surface area contributed by atoms with Crippen molar-refractivity contribution >= 4 is 34.1 Å². The molecular formula is C20H19N5OS. The number of hydrazone groups is 1. The largest absolute Gasteiger partial charge is 0.497 e. The molecule has 4 rings (SSSR count). The lowest BCUT2D eigenvalue weighted by atomic mass is 9.98. The lowest BCUT2D eigenvalue weighted by Gasteiger charge is -2.23. The van der Waals surface area contributed by atoms with Gasteiger partial charge in [-0.1, -0.05) is 6.07 Å². The maximum absolute atomic E-state index is 5.49. The number of aromatic nitrogens is 2. The van der Waals surface area contributed by atoms with Gasteiger partial charge >= 0.3 is 0 Å². The van der Waals surface area contributed by atoms with E-state index in [4.69, 9.17) is 22.1 Å². The van der Waals surface area contributed by atoms with Gasteiger partial charge in [0.25, 0.3) is 0 Å². The highest BCUT2D eigenvalue weighted by atomic mass is 32.1. The van der Waals surface area contributed by atoms with E-state index in [0.717, 1.165) is 40.0 Å². The maximum atomic E-state index is 5.49. The van der Waals surface area contributed by atoms with Crippen LogP contribution in [0.4, 0.5) is 0 Å². The van der Waals surface area contributed by atoms with Crippen molar-refractivity contribution in [3.8, 4) is 5.75 Å². The van der Waals surface area contributed by atoms with E-state index in [1.165, 1.54) is 0 Å². The van der Waals surface area contributed by atoms with Gasteiger partial charge in [0.1, 0.15) is 5.75 Å². The number of nitrogens with zero attached hydrogens (tertiary/aromatic N) is 4. The third-order valence-electron chi connectivity index (χ3n) is 4.63. The summed E-state index contributed by atoms with van der Waals surface area (Å²) >= 11 is 5.49. The summed E-state index contributed by atoms with van der Waals surface area (Å²) in [6.07, 6.45) is 4.15. The zero-order valence-corrected chi connectivity index (χ0v) is 15.9. The third kappa shape index (κ3) is 3.33. The van der Waals surface area contributed by atoms with Crippen LogP contribution in [0.25, 0.3) is 11.0 Å². The molecule has 1 aliphatic heterocycles. The smallest absolute Gasteiger partial charge is 0.189 e. The Morgan fingerprint density at radius 3 is 2.56 bits per heavy atom. The fourth-order valence-corrected chi connectivity index (χ4v) is 3.39. The summed E-state index contributed by atoms with van der Waals surface area (Å²) in [4.78, 5) is 8.76. The molecule has 1 aromatic heterocycles. The summed E-state index contributed by atoms with van der Waals surface area (Å²) in [6, 6.07) is 14.1. The van der Waals surface area contributed by atoms with Crippen molar-refractivity contribution in [1.82, 2.24) is 20.3 Å². The van der Waals surface area contributed by atoms with Gasteiger partial charge in [-0.3, -0.25) is 9.97 Å². The van der Waals surface area contributed by atoms with Gasteiger partial charge in [0.2, 0.25) is 0 Å². The predicted molar refractivity (Wildman–Crippen MR) is 110 cm³/mol. The number of hydrogen-bond donors (Lipinski definition) is 1. The number of ether oxygens (including phenoxy) is 1. The van der Waals surface area contributed by atoms with Gasteiger partial charge in [-0.2, -0.15) is 5.10 Å². The fraction of sp³-hybridized carbons (Fsp3) is 0.200. The van der Waals surface area contributed by atoms with Gasteiger partial charge in [0, 0.05) is 25.9 Å². The molecular weight excluding hydrogens is 358 g/mol. The molecule has 2 heterocycles. The van der Waals surface area contributed by atoms with E-state index in [0.29, 0.717) is 5.11 Å². The van der Waals surface area contributed by atoms with E-state index >= 15 is 0 Å². The van der Waals surface area contributed by atoms with Crippen LogP contribution in [0, 0.1) is 0 Å². The summed E-state index contributed by atoms with van der Waals surface area (Å²) in [5, 5.41) is 10.3. The molecule has 1 atom stereocenters. The summed E-state index contributed by atoms with van der Waals surface area (Å²) in [7, 11) is 3.47. The van der Waals surface area contributed by atoms with E-state index < -0.39 is 0 Å². The molecule has 0 saturated carbocycles. The van der Waals surface area contributed by atoms with Gasteiger partial charge in [0.15, 0.2) is 5.11 Å². The second kappa shape index (κ2) is 7.28. The van der Waals surface area contributed by atoms with E-state index in [2.05, 4.69) is 27.4 Å². The molecule has 0 spiro atoms. The molecule has 0 bridgehead atoms. The number of fused-ring (bicyclic) bond motifs is 1. The summed E-state index contributed by atoms with van der Waals surface area (Å²) in [5.41, 5.74) is 4.89. The number of nitrogens with one attached hydrogen (secondary N) is 1. The first kappa shape index (κ1) is 17.4. The standard InChI is InChI=1S/C20H19N5OS/c1-21-20(27)25-19(14-5-8-16-18(11-14)23-10-9-22-16)12-17(24-25)13-3-6-15(26-2)7-4-13/h3-11,19H,12H2,1-2H3,(H,21,27)/t19-/m0/s1. The zero-order valence-electron chi connectivity index (χ0n) is 15.1. The fourth-order valence-electron chi connectivity index (χ4n) is 3.22. The van der Waals surface area contributed by atoms with Gasteiger partial charge in [-0.15, -0.1) is 0 Å². The second-order valence-electron chi connectivity index (χ2n) is 6.20. The van der Waals surface area contributed by atoms with Crippen LogP contribution in [-0.2, 0) is 0 Å². The highest BCUT2D eigenvalue weighted by Crippen LogP contribution is 2.34. The summed E-state index contributed by atoms with van der Waals surface area (Å²) < 4.78 is 5.25. The number of benzene rings is 2. The molecule has 6 nitrogen and oxygen atoms in total. The van der Waals surface area contributed by atoms with Crippen LogP contribution in [0.3, 0.4) is 0 Å². The molecule has 0 aliphatic carbocycles. The van der Waals surface area contributed by atoms with Gasteiger partial charge < -0.3 is 10.1 Å². The summed E-state index contributed by atoms with van der Waals surface area (Å²) in [5.74, 6) is 0.824. The SMILES string of the molecule is CNC(=S)N1N=C(c2ccc(OC)cc2)C[C@H]1c1ccc2nccnc2c1. The first-order valence-corrected chi connectivity index (χ1v) is 9.04. The third-order valence-corrected chi connectivity index (χ3v) is 5.02. The normalized spacial score (nSPS) is 16.3. The minimum Gasteiger partial charge on any atom is -0.497 e. The highest BCUT2D eigenvalue weighted by molar-refractivity contribution is 7.80. The molecule has 2 aromatic carbocycles. The van der Waals surface area contributed by atoms with Crippen molar-refractivity contribution < 1.29 is 4.74 Å². The Kier molecular flexibility index (Phi) is 4.68. The van der Waals surface area contributed by atoms with Crippen molar-refractivity contribution in [2.75, 3.05) is 14.2 Å². The van der Waals surface area contributed by atoms with Gasteiger partial charge in [-0.25, -0.2) is 5.01 Å². The average Bonchev–Trinajstić information content (AvgIpc) is 3.18. The monoisotopic (exact) mass is 377 g/mol.